The van der Waals surface area contributed by atoms with Crippen molar-refractivity contribution in [2.24, 2.45) is 0 Å². The highest BCUT2D eigenvalue weighted by Crippen LogP contribution is 2.25. The van der Waals surface area contributed by atoms with Gasteiger partial charge in [-0.2, -0.15) is 11.8 Å². The molecular weight excluding hydrogens is 248 g/mol. The van der Waals surface area contributed by atoms with Crippen molar-refractivity contribution in [2.45, 2.75) is 12.7 Å². The van der Waals surface area contributed by atoms with E-state index in [-0.39, 0.29) is 0 Å². The van der Waals surface area contributed by atoms with Gasteiger partial charge in [-0.05, 0) is 29.5 Å². The summed E-state index contributed by atoms with van der Waals surface area (Å²) in [6, 6.07) is 6.07. The number of rotatable bonds is 4. The fourth-order valence-electron chi connectivity index (χ4n) is 1.00. The Labute approximate surface area is 92.0 Å². The Balaban J connectivity index is 2.78. The molecule has 1 aromatic carbocycles. The van der Waals surface area contributed by atoms with Gasteiger partial charge in [-0.1, -0.05) is 22.9 Å². The number of halogens is 1. The van der Waals surface area contributed by atoms with Crippen LogP contribution in [0.1, 0.15) is 12.5 Å². The molecule has 0 N–H and O–H groups in total. The maximum Gasteiger partial charge on any atom is 0.119 e. The first kappa shape index (κ1) is 10.9. The first-order chi connectivity index (χ1) is 6.27. The third-order valence-electron chi connectivity index (χ3n) is 1.71. The number of thioether (sulfide) groups is 1. The molecule has 1 aromatic rings. The van der Waals surface area contributed by atoms with Crippen LogP contribution in [0.4, 0.5) is 0 Å². The zero-order valence-electron chi connectivity index (χ0n) is 7.84. The van der Waals surface area contributed by atoms with E-state index in [9.17, 15) is 0 Å². The minimum Gasteiger partial charge on any atom is -0.497 e. The second-order valence-electron chi connectivity index (χ2n) is 2.59. The molecule has 0 aromatic heterocycles. The minimum atomic E-state index is 0.926. The molecule has 0 unspecified atom stereocenters. The summed E-state index contributed by atoms with van der Waals surface area (Å²) in [6.45, 7) is 2.17. The topological polar surface area (TPSA) is 9.23 Å². The first-order valence-corrected chi connectivity index (χ1v) is 6.13. The molecule has 1 rings (SSSR count). The molecular formula is C10H13BrOS. The van der Waals surface area contributed by atoms with Crippen LogP contribution < -0.4 is 4.74 Å². The molecule has 0 saturated carbocycles. The van der Waals surface area contributed by atoms with Crippen molar-refractivity contribution < 1.29 is 4.74 Å². The summed E-state index contributed by atoms with van der Waals surface area (Å²) in [5, 5.41) is 0. The van der Waals surface area contributed by atoms with Gasteiger partial charge in [0, 0.05) is 10.2 Å². The molecule has 3 heteroatoms. The normalized spacial score (nSPS) is 10.1. The van der Waals surface area contributed by atoms with Crippen LogP contribution >= 0.6 is 27.7 Å². The fraction of sp³-hybridized carbons (Fsp3) is 0.400. The molecule has 0 aliphatic rings. The highest BCUT2D eigenvalue weighted by molar-refractivity contribution is 9.10. The quantitative estimate of drug-likeness (QED) is 0.817. The highest BCUT2D eigenvalue weighted by atomic mass is 79.9. The van der Waals surface area contributed by atoms with E-state index >= 15 is 0 Å². The van der Waals surface area contributed by atoms with Crippen molar-refractivity contribution in [3.05, 3.63) is 28.2 Å². The van der Waals surface area contributed by atoms with Gasteiger partial charge in [-0.3, -0.25) is 0 Å². The lowest BCUT2D eigenvalue weighted by atomic mass is 10.2. The van der Waals surface area contributed by atoms with Crippen molar-refractivity contribution in [1.82, 2.24) is 0 Å². The Morgan fingerprint density at radius 1 is 1.46 bits per heavy atom. The van der Waals surface area contributed by atoms with Gasteiger partial charge in [0.25, 0.3) is 0 Å². The van der Waals surface area contributed by atoms with E-state index in [0.29, 0.717) is 0 Å². The fourth-order valence-corrected chi connectivity index (χ4v) is 2.24. The van der Waals surface area contributed by atoms with Crippen LogP contribution in [0.3, 0.4) is 0 Å². The zero-order valence-corrected chi connectivity index (χ0v) is 10.2. The molecule has 0 spiro atoms. The Morgan fingerprint density at radius 2 is 2.23 bits per heavy atom. The smallest absolute Gasteiger partial charge is 0.119 e. The van der Waals surface area contributed by atoms with E-state index in [1.165, 1.54) is 5.56 Å². The van der Waals surface area contributed by atoms with Gasteiger partial charge in [0.2, 0.25) is 0 Å². The van der Waals surface area contributed by atoms with Crippen molar-refractivity contribution in [2.75, 3.05) is 12.9 Å². The summed E-state index contributed by atoms with van der Waals surface area (Å²) in [5.74, 6) is 3.10. The van der Waals surface area contributed by atoms with E-state index in [2.05, 4.69) is 28.9 Å². The number of hydrogen-bond acceptors (Lipinski definition) is 2. The summed E-state index contributed by atoms with van der Waals surface area (Å²) in [7, 11) is 1.69. The summed E-state index contributed by atoms with van der Waals surface area (Å²) in [4.78, 5) is 0. The van der Waals surface area contributed by atoms with Crippen molar-refractivity contribution >= 4 is 27.7 Å². The van der Waals surface area contributed by atoms with Crippen LogP contribution in [0.5, 0.6) is 5.75 Å². The Hall–Kier alpha value is -0.150. The van der Waals surface area contributed by atoms with Gasteiger partial charge < -0.3 is 4.74 Å². The Morgan fingerprint density at radius 3 is 2.85 bits per heavy atom. The molecule has 0 aliphatic carbocycles. The zero-order chi connectivity index (χ0) is 9.68. The molecule has 0 fully saturated rings. The third kappa shape index (κ3) is 3.24. The second-order valence-corrected chi connectivity index (χ2v) is 4.72. The van der Waals surface area contributed by atoms with Crippen LogP contribution in [-0.4, -0.2) is 12.9 Å². The lowest BCUT2D eigenvalue weighted by molar-refractivity contribution is 0.414. The van der Waals surface area contributed by atoms with E-state index < -0.39 is 0 Å². The predicted octanol–water partition coefficient (Wildman–Crippen LogP) is 3.71. The number of methoxy groups -OCH3 is 1. The van der Waals surface area contributed by atoms with Crippen LogP contribution in [0.15, 0.2) is 22.7 Å². The van der Waals surface area contributed by atoms with Crippen molar-refractivity contribution in [1.29, 1.82) is 0 Å². The van der Waals surface area contributed by atoms with Crippen LogP contribution in [0.2, 0.25) is 0 Å². The van der Waals surface area contributed by atoms with E-state index in [1.54, 1.807) is 7.11 Å². The largest absolute Gasteiger partial charge is 0.497 e. The van der Waals surface area contributed by atoms with E-state index in [0.717, 1.165) is 21.7 Å². The number of ether oxygens (including phenoxy) is 1. The number of benzene rings is 1. The Kier molecular flexibility index (Phi) is 4.67. The molecule has 0 saturated heterocycles. The second kappa shape index (κ2) is 5.55. The van der Waals surface area contributed by atoms with Crippen molar-refractivity contribution in [3.63, 3.8) is 0 Å². The van der Waals surface area contributed by atoms with Gasteiger partial charge in [0.15, 0.2) is 0 Å². The maximum atomic E-state index is 5.16. The molecule has 0 amide bonds. The lowest BCUT2D eigenvalue weighted by Gasteiger charge is -2.06. The van der Waals surface area contributed by atoms with Gasteiger partial charge in [-0.25, -0.2) is 0 Å². The van der Waals surface area contributed by atoms with E-state index in [1.807, 2.05) is 23.9 Å². The van der Waals surface area contributed by atoms with E-state index in [4.69, 9.17) is 4.74 Å². The minimum absolute atomic E-state index is 0.926. The van der Waals surface area contributed by atoms with Gasteiger partial charge in [0.1, 0.15) is 5.75 Å². The average Bonchev–Trinajstić information content (AvgIpc) is 2.17. The lowest BCUT2D eigenvalue weighted by Crippen LogP contribution is -1.87. The van der Waals surface area contributed by atoms with Crippen LogP contribution in [0, 0.1) is 0 Å². The maximum absolute atomic E-state index is 5.16. The first-order valence-electron chi connectivity index (χ1n) is 4.18. The number of hydrogen-bond donors (Lipinski definition) is 0. The molecule has 0 atom stereocenters. The standard InChI is InChI=1S/C10H13BrOS/c1-3-13-7-8-6-9(12-2)4-5-10(8)11/h4-6H,3,7H2,1-2H3. The molecule has 0 heterocycles. The third-order valence-corrected chi connectivity index (χ3v) is 3.41. The Bertz CT molecular complexity index is 276. The van der Waals surface area contributed by atoms with Gasteiger partial charge in [-0.15, -0.1) is 0 Å². The average molecular weight is 261 g/mol. The molecule has 13 heavy (non-hydrogen) atoms. The van der Waals surface area contributed by atoms with Crippen LogP contribution in [0.25, 0.3) is 0 Å². The molecule has 0 bridgehead atoms. The summed E-state index contributed by atoms with van der Waals surface area (Å²) in [5.41, 5.74) is 1.30. The summed E-state index contributed by atoms with van der Waals surface area (Å²) < 4.78 is 6.32. The molecule has 0 radical (unpaired) electrons. The molecule has 0 aliphatic heterocycles. The monoisotopic (exact) mass is 260 g/mol. The summed E-state index contributed by atoms with van der Waals surface area (Å²) in [6.07, 6.45) is 0. The van der Waals surface area contributed by atoms with Crippen molar-refractivity contribution in [3.8, 4) is 5.75 Å². The molecule has 72 valence electrons. The SMILES string of the molecule is CCSCc1cc(OC)ccc1Br. The van der Waals surface area contributed by atoms with Crippen LogP contribution in [-0.2, 0) is 5.75 Å². The summed E-state index contributed by atoms with van der Waals surface area (Å²) >= 11 is 5.43. The molecule has 1 nitrogen and oxygen atoms in total. The highest BCUT2D eigenvalue weighted by Gasteiger charge is 2.01. The predicted molar refractivity (Wildman–Crippen MR) is 62.5 cm³/mol. The van der Waals surface area contributed by atoms with Gasteiger partial charge in [0.05, 0.1) is 7.11 Å². The van der Waals surface area contributed by atoms with Gasteiger partial charge >= 0.3 is 0 Å².